The number of hydrogen-bond acceptors (Lipinski definition) is 4. The van der Waals surface area contributed by atoms with Crippen molar-refractivity contribution in [2.75, 3.05) is 7.11 Å². The molecule has 4 nitrogen and oxygen atoms in total. The molecule has 4 heteroatoms. The minimum atomic E-state index is -0.256. The van der Waals surface area contributed by atoms with Crippen molar-refractivity contribution in [3.63, 3.8) is 0 Å². The molecule has 2 aromatic rings. The van der Waals surface area contributed by atoms with Gasteiger partial charge in [0.25, 0.3) is 0 Å². The molecule has 0 amide bonds. The first kappa shape index (κ1) is 11.5. The van der Waals surface area contributed by atoms with Crippen molar-refractivity contribution in [1.82, 2.24) is 9.97 Å². The maximum Gasteiger partial charge on any atom is 0.121 e. The normalized spacial score (nSPS) is 12.2. The molecule has 0 bridgehead atoms. The van der Waals surface area contributed by atoms with E-state index in [2.05, 4.69) is 9.97 Å². The second kappa shape index (κ2) is 4.93. The minimum Gasteiger partial charge on any atom is -0.496 e. The Morgan fingerprint density at radius 3 is 2.71 bits per heavy atom. The average molecular weight is 229 g/mol. The molecule has 88 valence electrons. The van der Waals surface area contributed by atoms with Gasteiger partial charge in [0, 0.05) is 12.4 Å². The first-order valence-electron chi connectivity index (χ1n) is 5.38. The summed E-state index contributed by atoms with van der Waals surface area (Å²) < 4.78 is 5.22. The number of nitrogens with zero attached hydrogens (tertiary/aromatic N) is 2. The van der Waals surface area contributed by atoms with Gasteiger partial charge in [0.15, 0.2) is 0 Å². The summed E-state index contributed by atoms with van der Waals surface area (Å²) >= 11 is 0. The summed E-state index contributed by atoms with van der Waals surface area (Å²) in [5.41, 5.74) is 8.96. The Morgan fingerprint density at radius 2 is 2.12 bits per heavy atom. The van der Waals surface area contributed by atoms with E-state index in [-0.39, 0.29) is 6.04 Å². The van der Waals surface area contributed by atoms with Crippen LogP contribution in [-0.2, 0) is 0 Å². The Balaban J connectivity index is 2.32. The van der Waals surface area contributed by atoms with E-state index < -0.39 is 0 Å². The van der Waals surface area contributed by atoms with Crippen molar-refractivity contribution in [3.8, 4) is 5.75 Å². The van der Waals surface area contributed by atoms with Gasteiger partial charge in [0.1, 0.15) is 5.75 Å². The minimum absolute atomic E-state index is 0.256. The predicted molar refractivity (Wildman–Crippen MR) is 65.8 cm³/mol. The summed E-state index contributed by atoms with van der Waals surface area (Å²) in [4.78, 5) is 8.23. The van der Waals surface area contributed by atoms with Crippen molar-refractivity contribution in [1.29, 1.82) is 0 Å². The van der Waals surface area contributed by atoms with Crippen LogP contribution in [0.4, 0.5) is 0 Å². The van der Waals surface area contributed by atoms with Gasteiger partial charge in [-0.25, -0.2) is 0 Å². The fourth-order valence-electron chi connectivity index (χ4n) is 1.74. The van der Waals surface area contributed by atoms with E-state index in [0.29, 0.717) is 0 Å². The van der Waals surface area contributed by atoms with Crippen LogP contribution in [0.2, 0.25) is 0 Å². The van der Waals surface area contributed by atoms with Crippen molar-refractivity contribution in [3.05, 3.63) is 53.6 Å². The van der Waals surface area contributed by atoms with Gasteiger partial charge in [-0.3, -0.25) is 9.97 Å². The standard InChI is InChI=1S/C13H15N3O/c1-9-7-10(3-4-12(9)17-2)13(14)11-8-15-5-6-16-11/h3-8,13H,14H2,1-2H3. The maximum absolute atomic E-state index is 6.13. The number of nitrogens with two attached hydrogens (primary N) is 1. The summed E-state index contributed by atoms with van der Waals surface area (Å²) in [6.07, 6.45) is 4.96. The van der Waals surface area contributed by atoms with Gasteiger partial charge in [-0.2, -0.15) is 0 Å². The number of hydrogen-bond donors (Lipinski definition) is 1. The summed E-state index contributed by atoms with van der Waals surface area (Å²) in [5, 5.41) is 0. The van der Waals surface area contributed by atoms with E-state index in [1.807, 2.05) is 25.1 Å². The van der Waals surface area contributed by atoms with E-state index in [0.717, 1.165) is 22.6 Å². The number of aromatic nitrogens is 2. The quantitative estimate of drug-likeness (QED) is 0.872. The van der Waals surface area contributed by atoms with Crippen molar-refractivity contribution < 1.29 is 4.74 Å². The Labute approximate surface area is 100 Å². The second-order valence-electron chi connectivity index (χ2n) is 3.84. The molecule has 0 saturated carbocycles. The summed E-state index contributed by atoms with van der Waals surface area (Å²) in [6, 6.07) is 5.62. The van der Waals surface area contributed by atoms with Crippen molar-refractivity contribution in [2.24, 2.45) is 5.73 Å². The molecular formula is C13H15N3O. The van der Waals surface area contributed by atoms with Crippen LogP contribution in [-0.4, -0.2) is 17.1 Å². The molecule has 2 rings (SSSR count). The molecule has 1 aromatic carbocycles. The van der Waals surface area contributed by atoms with Gasteiger partial charge in [-0.05, 0) is 24.1 Å². The lowest BCUT2D eigenvalue weighted by Gasteiger charge is -2.13. The van der Waals surface area contributed by atoms with Crippen LogP contribution in [0, 0.1) is 6.92 Å². The molecule has 17 heavy (non-hydrogen) atoms. The van der Waals surface area contributed by atoms with Gasteiger partial charge < -0.3 is 10.5 Å². The topological polar surface area (TPSA) is 61.0 Å². The Kier molecular flexibility index (Phi) is 3.35. The Hall–Kier alpha value is -1.94. The number of benzene rings is 1. The van der Waals surface area contributed by atoms with Gasteiger partial charge in [-0.1, -0.05) is 12.1 Å². The molecule has 0 aliphatic heterocycles. The summed E-state index contributed by atoms with van der Waals surface area (Å²) in [5.74, 6) is 0.861. The highest BCUT2D eigenvalue weighted by molar-refractivity contribution is 5.39. The zero-order valence-electron chi connectivity index (χ0n) is 9.92. The molecule has 0 radical (unpaired) electrons. The van der Waals surface area contributed by atoms with E-state index in [9.17, 15) is 0 Å². The Morgan fingerprint density at radius 1 is 1.29 bits per heavy atom. The molecule has 0 fully saturated rings. The van der Waals surface area contributed by atoms with E-state index in [4.69, 9.17) is 10.5 Å². The fourth-order valence-corrected chi connectivity index (χ4v) is 1.74. The summed E-state index contributed by atoms with van der Waals surface area (Å²) in [6.45, 7) is 1.99. The van der Waals surface area contributed by atoms with Crippen LogP contribution >= 0.6 is 0 Å². The second-order valence-corrected chi connectivity index (χ2v) is 3.84. The van der Waals surface area contributed by atoms with E-state index in [1.54, 1.807) is 25.7 Å². The largest absolute Gasteiger partial charge is 0.496 e. The number of aryl methyl sites for hydroxylation is 1. The van der Waals surface area contributed by atoms with Crippen LogP contribution in [0.15, 0.2) is 36.8 Å². The molecular weight excluding hydrogens is 214 g/mol. The van der Waals surface area contributed by atoms with Crippen molar-refractivity contribution in [2.45, 2.75) is 13.0 Å². The molecule has 0 spiro atoms. The zero-order valence-corrected chi connectivity index (χ0v) is 9.92. The van der Waals surface area contributed by atoms with Gasteiger partial charge in [-0.15, -0.1) is 0 Å². The highest BCUT2D eigenvalue weighted by Gasteiger charge is 2.11. The van der Waals surface area contributed by atoms with Crippen LogP contribution in [0.25, 0.3) is 0 Å². The van der Waals surface area contributed by atoms with E-state index >= 15 is 0 Å². The monoisotopic (exact) mass is 229 g/mol. The molecule has 0 saturated heterocycles. The van der Waals surface area contributed by atoms with Crippen LogP contribution < -0.4 is 10.5 Å². The highest BCUT2D eigenvalue weighted by Crippen LogP contribution is 2.23. The van der Waals surface area contributed by atoms with E-state index in [1.165, 1.54) is 0 Å². The Bertz CT molecular complexity index is 499. The van der Waals surface area contributed by atoms with Gasteiger partial charge in [0.2, 0.25) is 0 Å². The molecule has 2 N–H and O–H groups in total. The zero-order chi connectivity index (χ0) is 12.3. The van der Waals surface area contributed by atoms with Gasteiger partial charge in [0.05, 0.1) is 25.0 Å². The molecule has 1 heterocycles. The molecule has 0 aliphatic carbocycles. The lowest BCUT2D eigenvalue weighted by Crippen LogP contribution is -2.13. The van der Waals surface area contributed by atoms with Gasteiger partial charge >= 0.3 is 0 Å². The van der Waals surface area contributed by atoms with Crippen LogP contribution in [0.3, 0.4) is 0 Å². The highest BCUT2D eigenvalue weighted by atomic mass is 16.5. The third kappa shape index (κ3) is 2.42. The molecule has 0 aliphatic rings. The number of ether oxygens (including phenoxy) is 1. The van der Waals surface area contributed by atoms with Crippen LogP contribution in [0.5, 0.6) is 5.75 Å². The van der Waals surface area contributed by atoms with Crippen molar-refractivity contribution >= 4 is 0 Å². The SMILES string of the molecule is COc1ccc(C(N)c2cnccn2)cc1C. The van der Waals surface area contributed by atoms with Crippen LogP contribution in [0.1, 0.15) is 22.9 Å². The first-order valence-corrected chi connectivity index (χ1v) is 5.38. The maximum atomic E-state index is 6.13. The molecule has 1 atom stereocenters. The average Bonchev–Trinajstić information content (AvgIpc) is 2.39. The number of rotatable bonds is 3. The lowest BCUT2D eigenvalue weighted by molar-refractivity contribution is 0.411. The third-order valence-corrected chi connectivity index (χ3v) is 2.68. The summed E-state index contributed by atoms with van der Waals surface area (Å²) in [7, 11) is 1.66. The number of methoxy groups -OCH3 is 1. The lowest BCUT2D eigenvalue weighted by atomic mass is 10.0. The molecule has 1 unspecified atom stereocenters. The fraction of sp³-hybridized carbons (Fsp3) is 0.231. The predicted octanol–water partition coefficient (Wildman–Crippen LogP) is 1.84. The smallest absolute Gasteiger partial charge is 0.121 e. The third-order valence-electron chi connectivity index (χ3n) is 2.68. The first-order chi connectivity index (χ1) is 8.22. The molecule has 1 aromatic heterocycles.